The largest absolute Gasteiger partial charge is 0.372 e. The molecule has 6 heteroatoms. The van der Waals surface area contributed by atoms with Gasteiger partial charge in [-0.1, -0.05) is 0 Å². The Labute approximate surface area is 141 Å². The molecule has 126 valence electrons. The van der Waals surface area contributed by atoms with Crippen LogP contribution in [-0.2, 0) is 0 Å². The van der Waals surface area contributed by atoms with Crippen LogP contribution in [-0.4, -0.2) is 52.2 Å². The molecule has 24 heavy (non-hydrogen) atoms. The quantitative estimate of drug-likeness (QED) is 0.941. The lowest BCUT2D eigenvalue weighted by Gasteiger charge is -2.31. The minimum absolute atomic E-state index is 0.118. The molecule has 1 atom stereocenters. The lowest BCUT2D eigenvalue weighted by atomic mass is 9.96. The number of benzene rings is 1. The smallest absolute Gasteiger partial charge is 0.253 e. The number of aromatic nitrogens is 3. The second-order valence-electron chi connectivity index (χ2n) is 6.70. The predicted octanol–water partition coefficient (Wildman–Crippen LogP) is 2.42. The molecular weight excluding hydrogens is 302 g/mol. The number of hydrogen-bond donors (Lipinski definition) is 1. The van der Waals surface area contributed by atoms with Crippen LogP contribution < -0.4 is 4.90 Å². The second-order valence-corrected chi connectivity index (χ2v) is 6.70. The number of H-pyrrole nitrogens is 1. The van der Waals surface area contributed by atoms with E-state index in [0.717, 1.165) is 43.9 Å². The number of rotatable bonds is 3. The molecule has 2 saturated heterocycles. The van der Waals surface area contributed by atoms with Crippen molar-refractivity contribution in [2.45, 2.75) is 31.6 Å². The van der Waals surface area contributed by atoms with E-state index in [1.54, 1.807) is 0 Å². The molecule has 4 rings (SSSR count). The standard InChI is InChI=1S/C18H23N5O/c24-18(14-5-7-16(8-6-14)22-9-1-2-10-22)23-11-3-4-15(12-23)17-19-13-20-21-17/h5-8,13,15H,1-4,9-12H2,(H,19,20,21)/t15-/m0/s1. The van der Waals surface area contributed by atoms with E-state index in [-0.39, 0.29) is 11.8 Å². The summed E-state index contributed by atoms with van der Waals surface area (Å²) in [6.45, 7) is 3.77. The van der Waals surface area contributed by atoms with Gasteiger partial charge >= 0.3 is 0 Å². The zero-order valence-corrected chi connectivity index (χ0v) is 13.8. The second kappa shape index (κ2) is 6.63. The van der Waals surface area contributed by atoms with E-state index < -0.39 is 0 Å². The van der Waals surface area contributed by atoms with E-state index in [2.05, 4.69) is 32.2 Å². The third-order valence-corrected chi connectivity index (χ3v) is 5.11. The maximum Gasteiger partial charge on any atom is 0.253 e. The third kappa shape index (κ3) is 3.00. The van der Waals surface area contributed by atoms with Crippen molar-refractivity contribution < 1.29 is 4.79 Å². The van der Waals surface area contributed by atoms with Crippen molar-refractivity contribution >= 4 is 11.6 Å². The van der Waals surface area contributed by atoms with Gasteiger partial charge in [0.1, 0.15) is 12.2 Å². The molecule has 1 aromatic carbocycles. The number of anilines is 1. The highest BCUT2D eigenvalue weighted by molar-refractivity contribution is 5.94. The summed E-state index contributed by atoms with van der Waals surface area (Å²) in [5.41, 5.74) is 2.00. The summed E-state index contributed by atoms with van der Waals surface area (Å²) >= 11 is 0. The first-order chi connectivity index (χ1) is 11.8. The molecule has 0 spiro atoms. The van der Waals surface area contributed by atoms with E-state index >= 15 is 0 Å². The molecule has 0 radical (unpaired) electrons. The number of nitrogens with zero attached hydrogens (tertiary/aromatic N) is 4. The lowest BCUT2D eigenvalue weighted by Crippen LogP contribution is -2.39. The zero-order chi connectivity index (χ0) is 16.4. The van der Waals surface area contributed by atoms with Crippen LogP contribution in [0.3, 0.4) is 0 Å². The highest BCUT2D eigenvalue weighted by Crippen LogP contribution is 2.26. The van der Waals surface area contributed by atoms with Crippen molar-refractivity contribution in [2.24, 2.45) is 0 Å². The van der Waals surface area contributed by atoms with Gasteiger partial charge in [-0.05, 0) is 49.9 Å². The van der Waals surface area contributed by atoms with Crippen molar-refractivity contribution in [1.82, 2.24) is 20.1 Å². The maximum atomic E-state index is 12.8. The summed E-state index contributed by atoms with van der Waals surface area (Å²) in [4.78, 5) is 21.4. The van der Waals surface area contributed by atoms with E-state index in [1.807, 2.05) is 17.0 Å². The predicted molar refractivity (Wildman–Crippen MR) is 92.2 cm³/mol. The maximum absolute atomic E-state index is 12.8. The lowest BCUT2D eigenvalue weighted by molar-refractivity contribution is 0.0704. The molecule has 1 aromatic heterocycles. The number of nitrogens with one attached hydrogen (secondary N) is 1. The summed E-state index contributed by atoms with van der Waals surface area (Å²) in [5, 5.41) is 6.87. The zero-order valence-electron chi connectivity index (χ0n) is 13.8. The van der Waals surface area contributed by atoms with Gasteiger partial charge in [0.25, 0.3) is 5.91 Å². The average Bonchev–Trinajstić information content (AvgIpc) is 3.35. The number of amides is 1. The molecule has 0 bridgehead atoms. The Morgan fingerprint density at radius 2 is 1.88 bits per heavy atom. The van der Waals surface area contributed by atoms with Gasteiger partial charge in [0.2, 0.25) is 0 Å². The Hall–Kier alpha value is -2.37. The molecule has 1 amide bonds. The third-order valence-electron chi connectivity index (χ3n) is 5.11. The van der Waals surface area contributed by atoms with Gasteiger partial charge in [0.15, 0.2) is 0 Å². The first kappa shape index (κ1) is 15.2. The molecule has 2 fully saturated rings. The summed E-state index contributed by atoms with van der Waals surface area (Å²) in [7, 11) is 0. The van der Waals surface area contributed by atoms with Crippen LogP contribution >= 0.6 is 0 Å². The van der Waals surface area contributed by atoms with Crippen LogP contribution in [0.15, 0.2) is 30.6 Å². The van der Waals surface area contributed by atoms with Gasteiger partial charge in [-0.3, -0.25) is 9.89 Å². The fraction of sp³-hybridized carbons (Fsp3) is 0.500. The van der Waals surface area contributed by atoms with Gasteiger partial charge in [0.05, 0.1) is 0 Å². The topological polar surface area (TPSA) is 65.1 Å². The minimum Gasteiger partial charge on any atom is -0.372 e. The normalized spacial score (nSPS) is 21.2. The number of aromatic amines is 1. The van der Waals surface area contributed by atoms with Gasteiger partial charge in [-0.15, -0.1) is 0 Å². The Balaban J connectivity index is 1.44. The molecule has 1 N–H and O–H groups in total. The molecule has 0 unspecified atom stereocenters. The molecule has 2 aromatic rings. The van der Waals surface area contributed by atoms with Gasteiger partial charge in [0, 0.05) is 43.3 Å². The Kier molecular flexibility index (Phi) is 4.19. The number of likely N-dealkylation sites (tertiary alicyclic amines) is 1. The van der Waals surface area contributed by atoms with Gasteiger partial charge < -0.3 is 9.80 Å². The molecule has 2 aliphatic rings. The van der Waals surface area contributed by atoms with Crippen LogP contribution in [0.4, 0.5) is 5.69 Å². The molecule has 2 aliphatic heterocycles. The van der Waals surface area contributed by atoms with Crippen molar-refractivity contribution in [1.29, 1.82) is 0 Å². The summed E-state index contributed by atoms with van der Waals surface area (Å²) in [5.74, 6) is 1.26. The highest BCUT2D eigenvalue weighted by atomic mass is 16.2. The van der Waals surface area contributed by atoms with E-state index in [1.165, 1.54) is 24.9 Å². The van der Waals surface area contributed by atoms with Crippen LogP contribution in [0.1, 0.15) is 47.8 Å². The Bertz CT molecular complexity index is 676. The molecule has 3 heterocycles. The Morgan fingerprint density at radius 3 is 2.58 bits per heavy atom. The Morgan fingerprint density at radius 1 is 1.08 bits per heavy atom. The highest BCUT2D eigenvalue weighted by Gasteiger charge is 2.27. The number of carbonyl (C=O) groups is 1. The fourth-order valence-corrected chi connectivity index (χ4v) is 3.77. The van der Waals surface area contributed by atoms with Crippen LogP contribution in [0.5, 0.6) is 0 Å². The van der Waals surface area contributed by atoms with Gasteiger partial charge in [-0.25, -0.2) is 4.98 Å². The fourth-order valence-electron chi connectivity index (χ4n) is 3.77. The van der Waals surface area contributed by atoms with Crippen molar-refractivity contribution in [3.8, 4) is 0 Å². The monoisotopic (exact) mass is 325 g/mol. The summed E-state index contributed by atoms with van der Waals surface area (Å²) in [6, 6.07) is 8.09. The van der Waals surface area contributed by atoms with E-state index in [9.17, 15) is 4.79 Å². The summed E-state index contributed by atoms with van der Waals surface area (Å²) in [6.07, 6.45) is 6.11. The van der Waals surface area contributed by atoms with E-state index in [4.69, 9.17) is 0 Å². The molecule has 6 nitrogen and oxygen atoms in total. The van der Waals surface area contributed by atoms with Crippen LogP contribution in [0, 0.1) is 0 Å². The van der Waals surface area contributed by atoms with Gasteiger partial charge in [-0.2, -0.15) is 5.10 Å². The number of piperidine rings is 1. The van der Waals surface area contributed by atoms with Crippen molar-refractivity contribution in [3.05, 3.63) is 42.0 Å². The van der Waals surface area contributed by atoms with E-state index in [0.29, 0.717) is 6.54 Å². The first-order valence-electron chi connectivity index (χ1n) is 8.81. The number of carbonyl (C=O) groups excluding carboxylic acids is 1. The van der Waals surface area contributed by atoms with Crippen LogP contribution in [0.2, 0.25) is 0 Å². The summed E-state index contributed by atoms with van der Waals surface area (Å²) < 4.78 is 0. The average molecular weight is 325 g/mol. The van der Waals surface area contributed by atoms with Crippen LogP contribution in [0.25, 0.3) is 0 Å². The van der Waals surface area contributed by atoms with Crippen molar-refractivity contribution in [3.63, 3.8) is 0 Å². The molecular formula is C18H23N5O. The SMILES string of the molecule is O=C(c1ccc(N2CCCC2)cc1)N1CCC[C@H](c2ncn[nH]2)C1. The van der Waals surface area contributed by atoms with Crippen molar-refractivity contribution in [2.75, 3.05) is 31.1 Å². The minimum atomic E-state index is 0.118. The number of hydrogen-bond acceptors (Lipinski definition) is 4. The molecule has 0 saturated carbocycles. The molecule has 0 aliphatic carbocycles. The first-order valence-corrected chi connectivity index (χ1v) is 8.81.